The lowest BCUT2D eigenvalue weighted by molar-refractivity contribution is -0.118. The Balaban J connectivity index is 2.37. The minimum atomic E-state index is -1.03. The second-order valence-electron chi connectivity index (χ2n) is 4.16. The van der Waals surface area contributed by atoms with E-state index in [1.54, 1.807) is 24.3 Å². The molecule has 0 saturated heterocycles. The molecule has 0 fully saturated rings. The lowest BCUT2D eigenvalue weighted by Gasteiger charge is -2.18. The molecule has 0 aliphatic carbocycles. The van der Waals surface area contributed by atoms with Crippen LogP contribution in [0.5, 0.6) is 0 Å². The van der Waals surface area contributed by atoms with Gasteiger partial charge in [0, 0.05) is 16.2 Å². The molecule has 0 saturated carbocycles. The Bertz CT molecular complexity index is 629. The molecule has 1 unspecified atom stereocenters. The van der Waals surface area contributed by atoms with Crippen molar-refractivity contribution in [3.05, 3.63) is 64.1 Å². The SMILES string of the molecule is NC(=O)C(Nc1ccccc1Br)c1cc(F)cc(F)c1. The molecule has 104 valence electrons. The van der Waals surface area contributed by atoms with Crippen molar-refractivity contribution >= 4 is 27.5 Å². The van der Waals surface area contributed by atoms with Crippen LogP contribution in [0, 0.1) is 11.6 Å². The van der Waals surface area contributed by atoms with Crippen LogP contribution in [0.1, 0.15) is 11.6 Å². The van der Waals surface area contributed by atoms with Crippen LogP contribution in [0.4, 0.5) is 14.5 Å². The van der Waals surface area contributed by atoms with E-state index in [0.29, 0.717) is 10.2 Å². The maximum absolute atomic E-state index is 13.2. The van der Waals surface area contributed by atoms with Gasteiger partial charge in [-0.2, -0.15) is 0 Å². The average molecular weight is 341 g/mol. The van der Waals surface area contributed by atoms with Crippen molar-refractivity contribution in [2.45, 2.75) is 6.04 Å². The molecule has 0 heterocycles. The molecule has 0 aliphatic rings. The van der Waals surface area contributed by atoms with Gasteiger partial charge in [-0.3, -0.25) is 4.79 Å². The van der Waals surface area contributed by atoms with E-state index in [-0.39, 0.29) is 5.56 Å². The van der Waals surface area contributed by atoms with Gasteiger partial charge in [-0.25, -0.2) is 8.78 Å². The predicted molar refractivity (Wildman–Crippen MR) is 76.1 cm³/mol. The highest BCUT2D eigenvalue weighted by Gasteiger charge is 2.20. The summed E-state index contributed by atoms with van der Waals surface area (Å²) >= 11 is 3.31. The Hall–Kier alpha value is -1.95. The number of halogens is 3. The summed E-state index contributed by atoms with van der Waals surface area (Å²) in [6, 6.07) is 8.90. The van der Waals surface area contributed by atoms with Crippen molar-refractivity contribution in [3.63, 3.8) is 0 Å². The number of nitrogens with one attached hydrogen (secondary N) is 1. The highest BCUT2D eigenvalue weighted by Crippen LogP contribution is 2.27. The van der Waals surface area contributed by atoms with E-state index >= 15 is 0 Å². The van der Waals surface area contributed by atoms with E-state index < -0.39 is 23.6 Å². The summed E-state index contributed by atoms with van der Waals surface area (Å²) in [7, 11) is 0. The maximum atomic E-state index is 13.2. The molecule has 1 atom stereocenters. The highest BCUT2D eigenvalue weighted by molar-refractivity contribution is 9.10. The molecule has 3 nitrogen and oxygen atoms in total. The topological polar surface area (TPSA) is 55.1 Å². The summed E-state index contributed by atoms with van der Waals surface area (Å²) < 4.78 is 27.2. The molecule has 2 aromatic carbocycles. The first-order valence-electron chi connectivity index (χ1n) is 5.74. The van der Waals surface area contributed by atoms with Gasteiger partial charge in [0.05, 0.1) is 0 Å². The van der Waals surface area contributed by atoms with Crippen LogP contribution in [0.15, 0.2) is 46.9 Å². The minimum absolute atomic E-state index is 0.130. The summed E-state index contributed by atoms with van der Waals surface area (Å²) in [6.07, 6.45) is 0. The van der Waals surface area contributed by atoms with E-state index in [1.165, 1.54) is 0 Å². The molecule has 0 aliphatic heterocycles. The Morgan fingerprint density at radius 3 is 2.30 bits per heavy atom. The molecule has 0 aromatic heterocycles. The first kappa shape index (κ1) is 14.5. The standard InChI is InChI=1S/C14H11BrF2N2O/c15-11-3-1-2-4-12(11)19-13(14(18)20)8-5-9(16)7-10(17)6-8/h1-7,13,19H,(H2,18,20). The Morgan fingerprint density at radius 2 is 1.75 bits per heavy atom. The molecule has 1 amide bonds. The molecule has 6 heteroatoms. The summed E-state index contributed by atoms with van der Waals surface area (Å²) in [6.45, 7) is 0. The summed E-state index contributed by atoms with van der Waals surface area (Å²) in [5.74, 6) is -2.26. The number of benzene rings is 2. The fourth-order valence-corrected chi connectivity index (χ4v) is 2.19. The van der Waals surface area contributed by atoms with Crippen molar-refractivity contribution in [1.82, 2.24) is 0 Å². The van der Waals surface area contributed by atoms with Crippen LogP contribution >= 0.6 is 15.9 Å². The van der Waals surface area contributed by atoms with Gasteiger partial charge in [-0.15, -0.1) is 0 Å². The molecule has 0 spiro atoms. The number of rotatable bonds is 4. The van der Waals surface area contributed by atoms with Crippen LogP contribution < -0.4 is 11.1 Å². The smallest absolute Gasteiger partial charge is 0.244 e. The van der Waals surface area contributed by atoms with Crippen molar-refractivity contribution in [2.24, 2.45) is 5.73 Å². The quantitative estimate of drug-likeness (QED) is 0.896. The Kier molecular flexibility index (Phi) is 4.34. The van der Waals surface area contributed by atoms with E-state index in [0.717, 1.165) is 18.2 Å². The molecular formula is C14H11BrF2N2O. The maximum Gasteiger partial charge on any atom is 0.244 e. The highest BCUT2D eigenvalue weighted by atomic mass is 79.9. The largest absolute Gasteiger partial charge is 0.369 e. The molecule has 0 bridgehead atoms. The molecule has 20 heavy (non-hydrogen) atoms. The van der Waals surface area contributed by atoms with Crippen molar-refractivity contribution in [3.8, 4) is 0 Å². The van der Waals surface area contributed by atoms with Crippen LogP contribution in [0.25, 0.3) is 0 Å². The Morgan fingerprint density at radius 1 is 1.15 bits per heavy atom. The number of hydrogen-bond acceptors (Lipinski definition) is 2. The number of carbonyl (C=O) groups is 1. The van der Waals surface area contributed by atoms with E-state index in [9.17, 15) is 13.6 Å². The van der Waals surface area contributed by atoms with E-state index in [2.05, 4.69) is 21.2 Å². The van der Waals surface area contributed by atoms with Gasteiger partial charge >= 0.3 is 0 Å². The number of primary amides is 1. The van der Waals surface area contributed by atoms with E-state index in [4.69, 9.17) is 5.73 Å². The fraction of sp³-hybridized carbons (Fsp3) is 0.0714. The summed E-state index contributed by atoms with van der Waals surface area (Å²) in [5, 5.41) is 2.86. The third kappa shape index (κ3) is 3.33. The number of carbonyl (C=O) groups excluding carboxylic acids is 1. The third-order valence-corrected chi connectivity index (χ3v) is 3.37. The lowest BCUT2D eigenvalue weighted by atomic mass is 10.1. The van der Waals surface area contributed by atoms with Crippen LogP contribution in [0.2, 0.25) is 0 Å². The zero-order chi connectivity index (χ0) is 14.7. The number of hydrogen-bond donors (Lipinski definition) is 2. The molecular weight excluding hydrogens is 330 g/mol. The first-order valence-corrected chi connectivity index (χ1v) is 6.53. The second-order valence-corrected chi connectivity index (χ2v) is 5.02. The van der Waals surface area contributed by atoms with Gasteiger partial charge in [0.2, 0.25) is 5.91 Å². The number of anilines is 1. The molecule has 3 N–H and O–H groups in total. The monoisotopic (exact) mass is 340 g/mol. The number of para-hydroxylation sites is 1. The van der Waals surface area contributed by atoms with Crippen LogP contribution in [-0.2, 0) is 4.79 Å². The average Bonchev–Trinajstić information content (AvgIpc) is 2.36. The van der Waals surface area contributed by atoms with Crippen molar-refractivity contribution in [2.75, 3.05) is 5.32 Å². The number of amides is 1. The predicted octanol–water partition coefficient (Wildman–Crippen LogP) is 3.37. The van der Waals surface area contributed by atoms with Crippen LogP contribution in [-0.4, -0.2) is 5.91 Å². The van der Waals surface area contributed by atoms with Gasteiger partial charge in [0.1, 0.15) is 17.7 Å². The lowest BCUT2D eigenvalue weighted by Crippen LogP contribution is -2.28. The van der Waals surface area contributed by atoms with Gasteiger partial charge < -0.3 is 11.1 Å². The fourth-order valence-electron chi connectivity index (χ4n) is 1.79. The second kappa shape index (κ2) is 6.00. The zero-order valence-corrected chi connectivity index (χ0v) is 11.8. The van der Waals surface area contributed by atoms with Gasteiger partial charge in [0.25, 0.3) is 0 Å². The summed E-state index contributed by atoms with van der Waals surface area (Å²) in [5.41, 5.74) is 6.03. The summed E-state index contributed by atoms with van der Waals surface area (Å²) in [4.78, 5) is 11.5. The zero-order valence-electron chi connectivity index (χ0n) is 10.2. The first-order chi connectivity index (χ1) is 9.47. The van der Waals surface area contributed by atoms with Gasteiger partial charge in [0.15, 0.2) is 0 Å². The number of nitrogens with two attached hydrogens (primary N) is 1. The third-order valence-electron chi connectivity index (χ3n) is 2.68. The molecule has 0 radical (unpaired) electrons. The van der Waals surface area contributed by atoms with Crippen molar-refractivity contribution in [1.29, 1.82) is 0 Å². The minimum Gasteiger partial charge on any atom is -0.369 e. The van der Waals surface area contributed by atoms with Gasteiger partial charge in [-0.05, 0) is 45.8 Å². The molecule has 2 aromatic rings. The normalized spacial score (nSPS) is 11.9. The van der Waals surface area contributed by atoms with E-state index in [1.807, 2.05) is 0 Å². The Labute approximate surface area is 122 Å². The van der Waals surface area contributed by atoms with Crippen molar-refractivity contribution < 1.29 is 13.6 Å². The van der Waals surface area contributed by atoms with Crippen LogP contribution in [0.3, 0.4) is 0 Å². The van der Waals surface area contributed by atoms with Gasteiger partial charge in [-0.1, -0.05) is 12.1 Å². The molecule has 2 rings (SSSR count).